The van der Waals surface area contributed by atoms with E-state index in [9.17, 15) is 23.6 Å². The molecule has 0 aromatic heterocycles. The number of nitrogens with one attached hydrogen (secondary N) is 3. The number of carbonyl (C=O) groups is 4. The second-order valence-electron chi connectivity index (χ2n) is 11.7. The highest BCUT2D eigenvalue weighted by atomic mass is 19.1. The van der Waals surface area contributed by atoms with Crippen LogP contribution in [0.15, 0.2) is 60.9 Å². The molecule has 0 bridgehead atoms. The largest absolute Gasteiger partial charge is 0.345 e. The number of halogens is 1. The molecule has 4 amide bonds. The van der Waals surface area contributed by atoms with Gasteiger partial charge in [0.1, 0.15) is 17.9 Å². The smallest absolute Gasteiger partial charge is 0.250 e. The van der Waals surface area contributed by atoms with E-state index < -0.39 is 35.4 Å². The van der Waals surface area contributed by atoms with Crippen LogP contribution < -0.4 is 16.0 Å². The van der Waals surface area contributed by atoms with Crippen molar-refractivity contribution in [1.29, 1.82) is 0 Å². The van der Waals surface area contributed by atoms with Gasteiger partial charge in [-0.1, -0.05) is 62.7 Å². The van der Waals surface area contributed by atoms with Crippen molar-refractivity contribution >= 4 is 23.6 Å². The van der Waals surface area contributed by atoms with Crippen LogP contribution in [0, 0.1) is 18.2 Å². The first-order valence-corrected chi connectivity index (χ1v) is 14.2. The second-order valence-corrected chi connectivity index (χ2v) is 11.7. The molecule has 1 heterocycles. The van der Waals surface area contributed by atoms with Crippen LogP contribution in [0.1, 0.15) is 44.4 Å². The van der Waals surface area contributed by atoms with Crippen molar-refractivity contribution in [2.75, 3.05) is 20.1 Å². The van der Waals surface area contributed by atoms with E-state index in [0.717, 1.165) is 16.7 Å². The zero-order chi connectivity index (χ0) is 31.0. The van der Waals surface area contributed by atoms with Crippen LogP contribution in [-0.4, -0.2) is 71.7 Å². The molecule has 3 atom stereocenters. The van der Waals surface area contributed by atoms with Crippen molar-refractivity contribution < 1.29 is 23.6 Å². The third-order valence-electron chi connectivity index (χ3n) is 7.36. The Morgan fingerprint density at radius 2 is 1.57 bits per heavy atom. The minimum absolute atomic E-state index is 0.249. The summed E-state index contributed by atoms with van der Waals surface area (Å²) < 4.78 is 13.3. The predicted molar refractivity (Wildman–Crippen MR) is 159 cm³/mol. The Hall–Kier alpha value is -4.05. The van der Waals surface area contributed by atoms with Crippen molar-refractivity contribution in [1.82, 2.24) is 25.8 Å². The number of hydrogen-bond donors (Lipinski definition) is 3. The Morgan fingerprint density at radius 1 is 0.952 bits per heavy atom. The van der Waals surface area contributed by atoms with Gasteiger partial charge in [-0.2, -0.15) is 0 Å². The van der Waals surface area contributed by atoms with Gasteiger partial charge >= 0.3 is 0 Å². The molecule has 0 unspecified atom stereocenters. The fourth-order valence-corrected chi connectivity index (χ4v) is 4.55. The summed E-state index contributed by atoms with van der Waals surface area (Å²) in [5.41, 5.74) is 2.24. The number of nitrogens with zero attached hydrogens (tertiary/aromatic N) is 2. The standard InChI is InChI=1S/C32H42FN5O4/c1-21-7-9-24(10-8-21)19-26-31(42)37(16-15-23-11-13-25(33)14-12-23)17-18-38(26)27(39)20-35-30(41)28(32(3,4)5)36-29(40)22(2)34-6/h7-14,17-18,22,26,28,34H,15-16,19-20H2,1-6H3,(H,35,41)(H,36,40)/t22-,26-,28+/m0/s1. The van der Waals surface area contributed by atoms with Crippen molar-refractivity contribution in [2.24, 2.45) is 5.41 Å². The Morgan fingerprint density at radius 3 is 2.17 bits per heavy atom. The molecule has 0 aliphatic carbocycles. The lowest BCUT2D eigenvalue weighted by molar-refractivity contribution is -0.143. The van der Waals surface area contributed by atoms with E-state index >= 15 is 0 Å². The van der Waals surface area contributed by atoms with Gasteiger partial charge in [-0.3, -0.25) is 19.2 Å². The van der Waals surface area contributed by atoms with Gasteiger partial charge in [0, 0.05) is 25.4 Å². The van der Waals surface area contributed by atoms with Crippen molar-refractivity contribution in [2.45, 2.75) is 65.6 Å². The fraction of sp³-hybridized carbons (Fsp3) is 0.438. The van der Waals surface area contributed by atoms with E-state index in [4.69, 9.17) is 0 Å². The summed E-state index contributed by atoms with van der Waals surface area (Å²) in [5.74, 6) is -1.85. The minimum atomic E-state index is -0.877. The third-order valence-corrected chi connectivity index (χ3v) is 7.36. The van der Waals surface area contributed by atoms with Gasteiger partial charge in [-0.05, 0) is 56.0 Å². The van der Waals surface area contributed by atoms with Gasteiger partial charge in [0.05, 0.1) is 12.6 Å². The van der Waals surface area contributed by atoms with Crippen molar-refractivity contribution in [3.63, 3.8) is 0 Å². The lowest BCUT2D eigenvalue weighted by atomic mass is 9.86. The van der Waals surface area contributed by atoms with Gasteiger partial charge in [0.25, 0.3) is 0 Å². The normalized spacial score (nSPS) is 16.6. The highest BCUT2D eigenvalue weighted by molar-refractivity contribution is 5.94. The summed E-state index contributed by atoms with van der Waals surface area (Å²) in [6.07, 6.45) is 3.94. The van der Waals surface area contributed by atoms with E-state index in [1.54, 1.807) is 43.4 Å². The molecule has 3 N–H and O–H groups in total. The summed E-state index contributed by atoms with van der Waals surface area (Å²) in [6, 6.07) is 11.7. The number of hydrogen-bond acceptors (Lipinski definition) is 5. The molecule has 226 valence electrons. The number of amides is 4. The van der Waals surface area contributed by atoms with E-state index in [-0.39, 0.29) is 24.2 Å². The second kappa shape index (κ2) is 14.2. The number of likely N-dealkylation sites (N-methyl/N-ethyl adjacent to an activating group) is 1. The van der Waals surface area contributed by atoms with Crippen LogP contribution in [0.5, 0.6) is 0 Å². The fourth-order valence-electron chi connectivity index (χ4n) is 4.55. The van der Waals surface area contributed by atoms with Gasteiger partial charge < -0.3 is 25.8 Å². The number of benzene rings is 2. The molecule has 10 heteroatoms. The minimum Gasteiger partial charge on any atom is -0.345 e. The molecule has 1 aliphatic rings. The molecular formula is C32H42FN5O4. The molecule has 9 nitrogen and oxygen atoms in total. The highest BCUT2D eigenvalue weighted by Crippen LogP contribution is 2.21. The topological polar surface area (TPSA) is 111 Å². The van der Waals surface area contributed by atoms with Gasteiger partial charge in [-0.25, -0.2) is 4.39 Å². The lowest BCUT2D eigenvalue weighted by Gasteiger charge is -2.36. The number of carbonyl (C=O) groups excluding carboxylic acids is 4. The van der Waals surface area contributed by atoms with Crippen LogP contribution in [0.4, 0.5) is 4.39 Å². The molecule has 2 aromatic carbocycles. The zero-order valence-corrected chi connectivity index (χ0v) is 25.2. The molecule has 42 heavy (non-hydrogen) atoms. The summed E-state index contributed by atoms with van der Waals surface area (Å²) in [6.45, 7) is 9.16. The zero-order valence-electron chi connectivity index (χ0n) is 25.2. The summed E-state index contributed by atoms with van der Waals surface area (Å²) in [4.78, 5) is 55.7. The van der Waals surface area contributed by atoms with Crippen LogP contribution in [0.2, 0.25) is 0 Å². The number of aryl methyl sites for hydroxylation is 1. The van der Waals surface area contributed by atoms with Crippen LogP contribution in [-0.2, 0) is 32.0 Å². The first-order chi connectivity index (χ1) is 19.8. The molecule has 0 saturated heterocycles. The van der Waals surface area contributed by atoms with Crippen LogP contribution in [0.3, 0.4) is 0 Å². The molecule has 0 fully saturated rings. The average molecular weight is 580 g/mol. The highest BCUT2D eigenvalue weighted by Gasteiger charge is 2.37. The Bertz CT molecular complexity index is 1290. The molecule has 2 aromatic rings. The Labute approximate surface area is 247 Å². The summed E-state index contributed by atoms with van der Waals surface area (Å²) in [7, 11) is 1.65. The van der Waals surface area contributed by atoms with Crippen LogP contribution >= 0.6 is 0 Å². The third kappa shape index (κ3) is 8.72. The molecule has 1 aliphatic heterocycles. The van der Waals surface area contributed by atoms with E-state index in [2.05, 4.69) is 16.0 Å². The summed E-state index contributed by atoms with van der Waals surface area (Å²) in [5, 5.41) is 8.28. The first kappa shape index (κ1) is 32.5. The molecule has 0 saturated carbocycles. The van der Waals surface area contributed by atoms with Gasteiger partial charge in [0.2, 0.25) is 23.6 Å². The van der Waals surface area contributed by atoms with E-state index in [0.29, 0.717) is 19.4 Å². The average Bonchev–Trinajstić information content (AvgIpc) is 2.95. The maximum Gasteiger partial charge on any atom is 0.250 e. The molecule has 3 rings (SSSR count). The van der Waals surface area contributed by atoms with E-state index in [1.807, 2.05) is 52.0 Å². The van der Waals surface area contributed by atoms with Crippen LogP contribution in [0.25, 0.3) is 0 Å². The quantitative estimate of drug-likeness (QED) is 0.379. The maximum atomic E-state index is 13.7. The van der Waals surface area contributed by atoms with Gasteiger partial charge in [0.15, 0.2) is 0 Å². The predicted octanol–water partition coefficient (Wildman–Crippen LogP) is 2.68. The molecular weight excluding hydrogens is 537 g/mol. The Balaban J connectivity index is 1.75. The monoisotopic (exact) mass is 579 g/mol. The Kier molecular flexibility index (Phi) is 11.0. The number of rotatable bonds is 11. The molecule has 0 radical (unpaired) electrons. The lowest BCUT2D eigenvalue weighted by Crippen LogP contribution is -2.58. The SMILES string of the molecule is CN[C@@H](C)C(=O)N[C@H](C(=O)NCC(=O)N1C=CN(CCc2ccc(F)cc2)C(=O)[C@@H]1Cc1ccc(C)cc1)C(C)(C)C. The van der Waals surface area contributed by atoms with Crippen molar-refractivity contribution in [3.8, 4) is 0 Å². The first-order valence-electron chi connectivity index (χ1n) is 14.2. The van der Waals surface area contributed by atoms with Crippen molar-refractivity contribution in [3.05, 3.63) is 83.4 Å². The van der Waals surface area contributed by atoms with E-state index in [1.165, 1.54) is 17.0 Å². The maximum absolute atomic E-state index is 13.7. The van der Waals surface area contributed by atoms with Gasteiger partial charge in [-0.15, -0.1) is 0 Å². The summed E-state index contributed by atoms with van der Waals surface area (Å²) >= 11 is 0. The molecule has 0 spiro atoms.